The number of benzene rings is 4. The number of ether oxygens (including phenoxy) is 3. The molecule has 6 nitrogen and oxygen atoms in total. The van der Waals surface area contributed by atoms with Crippen molar-refractivity contribution in [3.05, 3.63) is 107 Å². The molecule has 1 amide bonds. The third kappa shape index (κ3) is 6.02. The lowest BCUT2D eigenvalue weighted by Crippen LogP contribution is -2.24. The Hall–Kier alpha value is -4.76. The number of nitriles is 1. The first-order valence-electron chi connectivity index (χ1n) is 11.4. The van der Waals surface area contributed by atoms with Crippen molar-refractivity contribution in [3.63, 3.8) is 0 Å². The number of nitrogens with one attached hydrogen (secondary N) is 1. The van der Waals surface area contributed by atoms with Gasteiger partial charge < -0.3 is 19.5 Å². The summed E-state index contributed by atoms with van der Waals surface area (Å²) in [4.78, 5) is 12.6. The summed E-state index contributed by atoms with van der Waals surface area (Å²) in [6.07, 6.45) is 1.55. The van der Waals surface area contributed by atoms with Gasteiger partial charge in [0, 0.05) is 18.2 Å². The molecule has 0 heterocycles. The lowest BCUT2D eigenvalue weighted by molar-refractivity contribution is -0.117. The standard InChI is InChI=1S/C30H26N2O4/c1-34-28-14-11-25(29(17-28)35-2)19-32-30(33)26(18-31)15-21-8-12-27(13-9-21)36-20-22-7-10-23-5-3-4-6-24(23)16-22/h3-17H,19-20H2,1-2H3,(H,32,33)/b26-15+. The average molecular weight is 479 g/mol. The van der Waals surface area contributed by atoms with Gasteiger partial charge >= 0.3 is 0 Å². The zero-order valence-electron chi connectivity index (χ0n) is 20.2. The van der Waals surface area contributed by atoms with Gasteiger partial charge in [-0.2, -0.15) is 5.26 Å². The minimum atomic E-state index is -0.466. The van der Waals surface area contributed by atoms with E-state index in [9.17, 15) is 10.1 Å². The van der Waals surface area contributed by atoms with Gasteiger partial charge in [0.25, 0.3) is 5.91 Å². The first-order valence-corrected chi connectivity index (χ1v) is 11.4. The fourth-order valence-electron chi connectivity index (χ4n) is 3.74. The Balaban J connectivity index is 1.36. The molecule has 0 atom stereocenters. The van der Waals surface area contributed by atoms with Crippen LogP contribution in [0.4, 0.5) is 0 Å². The molecule has 6 heteroatoms. The molecule has 0 spiro atoms. The number of nitrogens with zero attached hydrogens (tertiary/aromatic N) is 1. The quantitative estimate of drug-likeness (QED) is 0.248. The number of methoxy groups -OCH3 is 2. The molecule has 4 aromatic rings. The van der Waals surface area contributed by atoms with E-state index < -0.39 is 5.91 Å². The first-order chi connectivity index (χ1) is 17.6. The Kier molecular flexibility index (Phi) is 7.84. The maximum Gasteiger partial charge on any atom is 0.262 e. The van der Waals surface area contributed by atoms with Crippen molar-refractivity contribution in [1.82, 2.24) is 5.32 Å². The molecule has 0 bridgehead atoms. The van der Waals surface area contributed by atoms with Gasteiger partial charge in [-0.15, -0.1) is 0 Å². The topological polar surface area (TPSA) is 80.6 Å². The minimum Gasteiger partial charge on any atom is -0.497 e. The van der Waals surface area contributed by atoms with Gasteiger partial charge in [0.1, 0.15) is 35.5 Å². The van der Waals surface area contributed by atoms with Crippen LogP contribution in [-0.2, 0) is 17.9 Å². The van der Waals surface area contributed by atoms with Gasteiger partial charge in [0.15, 0.2) is 0 Å². The summed E-state index contributed by atoms with van der Waals surface area (Å²) < 4.78 is 16.5. The summed E-state index contributed by atoms with van der Waals surface area (Å²) in [6, 6.07) is 29.0. The van der Waals surface area contributed by atoms with Gasteiger partial charge in [-0.25, -0.2) is 0 Å². The van der Waals surface area contributed by atoms with E-state index >= 15 is 0 Å². The van der Waals surface area contributed by atoms with Crippen molar-refractivity contribution in [3.8, 4) is 23.3 Å². The van der Waals surface area contributed by atoms with Crippen LogP contribution in [0.15, 0.2) is 90.5 Å². The lowest BCUT2D eigenvalue weighted by Gasteiger charge is -2.11. The van der Waals surface area contributed by atoms with E-state index in [4.69, 9.17) is 14.2 Å². The Morgan fingerprint density at radius 3 is 2.36 bits per heavy atom. The van der Waals surface area contributed by atoms with Crippen LogP contribution in [0.1, 0.15) is 16.7 Å². The Morgan fingerprint density at radius 1 is 0.889 bits per heavy atom. The Labute approximate surface area is 210 Å². The van der Waals surface area contributed by atoms with Crippen molar-refractivity contribution in [2.75, 3.05) is 14.2 Å². The van der Waals surface area contributed by atoms with E-state index in [0.717, 1.165) is 16.7 Å². The Morgan fingerprint density at radius 2 is 1.64 bits per heavy atom. The van der Waals surface area contributed by atoms with Crippen molar-refractivity contribution >= 4 is 22.8 Å². The van der Waals surface area contributed by atoms with Gasteiger partial charge in [-0.05, 0) is 58.3 Å². The van der Waals surface area contributed by atoms with Crippen LogP contribution in [-0.4, -0.2) is 20.1 Å². The van der Waals surface area contributed by atoms with Crippen LogP contribution >= 0.6 is 0 Å². The largest absolute Gasteiger partial charge is 0.497 e. The molecular formula is C30H26N2O4. The Bertz CT molecular complexity index is 1440. The molecule has 0 unspecified atom stereocenters. The van der Waals surface area contributed by atoms with Crippen LogP contribution in [0.25, 0.3) is 16.8 Å². The SMILES string of the molecule is COc1ccc(CNC(=O)/C(C#N)=C/c2ccc(OCc3ccc4ccccc4c3)cc2)c(OC)c1. The third-order valence-electron chi connectivity index (χ3n) is 5.71. The molecule has 0 aromatic heterocycles. The highest BCUT2D eigenvalue weighted by Crippen LogP contribution is 2.24. The predicted octanol–water partition coefficient (Wildman–Crippen LogP) is 5.66. The van der Waals surface area contributed by atoms with Gasteiger partial charge in [0.2, 0.25) is 0 Å². The molecular weight excluding hydrogens is 452 g/mol. The lowest BCUT2D eigenvalue weighted by atomic mass is 10.1. The second-order valence-electron chi connectivity index (χ2n) is 8.07. The van der Waals surface area contributed by atoms with Crippen LogP contribution in [0, 0.1) is 11.3 Å². The highest BCUT2D eigenvalue weighted by Gasteiger charge is 2.11. The summed E-state index contributed by atoms with van der Waals surface area (Å²) in [7, 11) is 3.12. The average Bonchev–Trinajstić information content (AvgIpc) is 2.93. The number of carbonyl (C=O) groups is 1. The molecule has 0 saturated heterocycles. The predicted molar refractivity (Wildman–Crippen MR) is 140 cm³/mol. The van der Waals surface area contributed by atoms with Crippen LogP contribution < -0.4 is 19.5 Å². The van der Waals surface area contributed by atoms with Gasteiger partial charge in [-0.3, -0.25) is 4.79 Å². The summed E-state index contributed by atoms with van der Waals surface area (Å²) in [6.45, 7) is 0.660. The third-order valence-corrected chi connectivity index (χ3v) is 5.71. The monoisotopic (exact) mass is 478 g/mol. The molecule has 0 aliphatic carbocycles. The fraction of sp³-hybridized carbons (Fsp3) is 0.133. The van der Waals surface area contributed by atoms with E-state index in [1.165, 1.54) is 10.8 Å². The van der Waals surface area contributed by atoms with Crippen LogP contribution in [0.3, 0.4) is 0 Å². The van der Waals surface area contributed by atoms with E-state index in [1.54, 1.807) is 32.4 Å². The zero-order chi connectivity index (χ0) is 25.3. The molecule has 36 heavy (non-hydrogen) atoms. The highest BCUT2D eigenvalue weighted by molar-refractivity contribution is 6.01. The fourth-order valence-corrected chi connectivity index (χ4v) is 3.74. The van der Waals surface area contributed by atoms with E-state index in [2.05, 4.69) is 35.6 Å². The van der Waals surface area contributed by atoms with Gasteiger partial charge in [-0.1, -0.05) is 48.5 Å². The molecule has 4 rings (SSSR count). The maximum absolute atomic E-state index is 12.6. The van der Waals surface area contributed by atoms with Gasteiger partial charge in [0.05, 0.1) is 14.2 Å². The number of hydrogen-bond donors (Lipinski definition) is 1. The number of fused-ring (bicyclic) bond motifs is 1. The molecule has 0 fully saturated rings. The summed E-state index contributed by atoms with van der Waals surface area (Å²) in [5.74, 6) is 1.49. The highest BCUT2D eigenvalue weighted by atomic mass is 16.5. The molecule has 0 saturated carbocycles. The second-order valence-corrected chi connectivity index (χ2v) is 8.07. The van der Waals surface area contributed by atoms with E-state index in [1.807, 2.05) is 48.5 Å². The molecule has 0 aliphatic heterocycles. The zero-order valence-corrected chi connectivity index (χ0v) is 20.2. The number of hydrogen-bond acceptors (Lipinski definition) is 5. The summed E-state index contributed by atoms with van der Waals surface area (Å²) >= 11 is 0. The molecule has 1 N–H and O–H groups in total. The molecule has 0 aliphatic rings. The minimum absolute atomic E-state index is 0.00677. The van der Waals surface area contributed by atoms with Crippen molar-refractivity contribution in [2.24, 2.45) is 0 Å². The van der Waals surface area contributed by atoms with Crippen molar-refractivity contribution in [1.29, 1.82) is 5.26 Å². The summed E-state index contributed by atoms with van der Waals surface area (Å²) in [5, 5.41) is 14.7. The maximum atomic E-state index is 12.6. The summed E-state index contributed by atoms with van der Waals surface area (Å²) in [5.41, 5.74) is 2.58. The smallest absolute Gasteiger partial charge is 0.262 e. The van der Waals surface area contributed by atoms with Crippen molar-refractivity contribution in [2.45, 2.75) is 13.2 Å². The second kappa shape index (κ2) is 11.6. The van der Waals surface area contributed by atoms with E-state index in [0.29, 0.717) is 23.9 Å². The van der Waals surface area contributed by atoms with Crippen LogP contribution in [0.2, 0.25) is 0 Å². The molecule has 4 aromatic carbocycles. The normalized spacial score (nSPS) is 11.0. The van der Waals surface area contributed by atoms with Crippen LogP contribution in [0.5, 0.6) is 17.2 Å². The number of amides is 1. The van der Waals surface area contributed by atoms with Crippen molar-refractivity contribution < 1.29 is 19.0 Å². The molecule has 0 radical (unpaired) electrons. The van der Waals surface area contributed by atoms with E-state index in [-0.39, 0.29) is 12.1 Å². The molecule has 180 valence electrons. The first kappa shape index (κ1) is 24.4. The number of carbonyl (C=O) groups excluding carboxylic acids is 1. The number of rotatable bonds is 9.